The highest BCUT2D eigenvalue weighted by Gasteiger charge is 2.14. The van der Waals surface area contributed by atoms with E-state index in [1.54, 1.807) is 36.4 Å². The molecule has 12 heteroatoms. The number of hydrazone groups is 2. The lowest BCUT2D eigenvalue weighted by atomic mass is 10.2. The molecule has 0 radical (unpaired) electrons. The lowest BCUT2D eigenvalue weighted by molar-refractivity contribution is -0.139. The Morgan fingerprint density at radius 1 is 0.806 bits per heavy atom. The van der Waals surface area contributed by atoms with E-state index in [0.717, 1.165) is 0 Å². The summed E-state index contributed by atoms with van der Waals surface area (Å²) in [6.45, 7) is 7.80. The molecule has 0 fully saturated rings. The van der Waals surface area contributed by atoms with Crippen molar-refractivity contribution in [1.29, 1.82) is 0 Å². The van der Waals surface area contributed by atoms with Crippen molar-refractivity contribution in [2.75, 3.05) is 27.4 Å². The fourth-order valence-corrected chi connectivity index (χ4v) is 3.84. The molecule has 2 N–H and O–H groups in total. The molecule has 0 atom stereocenters. The summed E-state index contributed by atoms with van der Waals surface area (Å²) < 4.78 is 23.0. The molecule has 36 heavy (non-hydrogen) atoms. The van der Waals surface area contributed by atoms with E-state index in [1.165, 1.54) is 26.6 Å². The summed E-state index contributed by atoms with van der Waals surface area (Å²) in [7, 11) is 3.01. The second-order valence-electron chi connectivity index (χ2n) is 6.67. The minimum atomic E-state index is -1.01. The topological polar surface area (TPSA) is 120 Å². The first-order chi connectivity index (χ1) is 17.3. The monoisotopic (exact) mass is 622 g/mol. The van der Waals surface area contributed by atoms with E-state index in [1.807, 2.05) is 0 Å². The normalized spacial score (nSPS) is 10.7. The maximum Gasteiger partial charge on any atom is 0.331 e. The van der Waals surface area contributed by atoms with Gasteiger partial charge in [-0.1, -0.05) is 25.3 Å². The summed E-state index contributed by atoms with van der Waals surface area (Å²) >= 11 is 6.79. The fourth-order valence-electron chi connectivity index (χ4n) is 2.65. The summed E-state index contributed by atoms with van der Waals surface area (Å²) in [5.74, 6) is -0.111. The van der Waals surface area contributed by atoms with Crippen molar-refractivity contribution in [1.82, 2.24) is 10.9 Å². The average molecular weight is 624 g/mol. The molecule has 0 saturated carbocycles. The first-order valence-electron chi connectivity index (χ1n) is 10.2. The van der Waals surface area contributed by atoms with Crippen LogP contribution in [-0.4, -0.2) is 51.7 Å². The van der Waals surface area contributed by atoms with Gasteiger partial charge >= 0.3 is 11.8 Å². The van der Waals surface area contributed by atoms with Crippen LogP contribution in [0.3, 0.4) is 0 Å². The van der Waals surface area contributed by atoms with E-state index in [-0.39, 0.29) is 6.61 Å². The number of benzene rings is 2. The van der Waals surface area contributed by atoms with Crippen molar-refractivity contribution in [2.24, 2.45) is 10.2 Å². The van der Waals surface area contributed by atoms with Gasteiger partial charge in [0.25, 0.3) is 0 Å². The molecule has 0 aliphatic heterocycles. The molecule has 0 unspecified atom stereocenters. The number of hydrogen-bond donors (Lipinski definition) is 2. The Bertz CT molecular complexity index is 1180. The first kappa shape index (κ1) is 28.6. The molecule has 0 aliphatic carbocycles. The van der Waals surface area contributed by atoms with E-state index in [4.69, 9.17) is 18.9 Å². The van der Waals surface area contributed by atoms with Crippen molar-refractivity contribution < 1.29 is 28.5 Å². The number of carbonyl (C=O) groups excluding carboxylic acids is 2. The van der Waals surface area contributed by atoms with E-state index in [0.29, 0.717) is 49.7 Å². The van der Waals surface area contributed by atoms with Crippen LogP contribution in [0.15, 0.2) is 68.7 Å². The van der Waals surface area contributed by atoms with Gasteiger partial charge in [-0.05, 0) is 67.3 Å². The van der Waals surface area contributed by atoms with E-state index in [9.17, 15) is 9.59 Å². The van der Waals surface area contributed by atoms with Crippen LogP contribution in [0.1, 0.15) is 11.1 Å². The molecule has 0 saturated heterocycles. The highest BCUT2D eigenvalue weighted by atomic mass is 79.9. The van der Waals surface area contributed by atoms with E-state index >= 15 is 0 Å². The van der Waals surface area contributed by atoms with Gasteiger partial charge in [0.1, 0.15) is 13.2 Å². The first-order valence-corrected chi connectivity index (χ1v) is 11.8. The van der Waals surface area contributed by atoms with E-state index < -0.39 is 11.8 Å². The molecular weight excluding hydrogens is 600 g/mol. The number of nitrogens with one attached hydrogen (secondary N) is 2. The number of methoxy groups -OCH3 is 2. The molecule has 0 spiro atoms. The summed E-state index contributed by atoms with van der Waals surface area (Å²) in [6, 6.07) is 6.73. The predicted octanol–water partition coefficient (Wildman–Crippen LogP) is 3.96. The number of rotatable bonds is 12. The van der Waals surface area contributed by atoms with Crippen LogP contribution in [0.2, 0.25) is 0 Å². The zero-order valence-corrected chi connectivity index (χ0v) is 22.7. The second-order valence-corrected chi connectivity index (χ2v) is 8.37. The van der Waals surface area contributed by atoms with Crippen LogP contribution in [0.4, 0.5) is 0 Å². The molecule has 2 aromatic carbocycles. The molecular formula is C24H24Br2N4O6. The van der Waals surface area contributed by atoms with E-state index in [2.05, 4.69) is 66.1 Å². The average Bonchev–Trinajstić information content (AvgIpc) is 2.86. The summed E-state index contributed by atoms with van der Waals surface area (Å²) in [4.78, 5) is 24.0. The largest absolute Gasteiger partial charge is 0.493 e. The zero-order chi connectivity index (χ0) is 26.5. The van der Waals surface area contributed by atoms with Crippen LogP contribution in [0, 0.1) is 0 Å². The van der Waals surface area contributed by atoms with Gasteiger partial charge in [-0.15, -0.1) is 0 Å². The Labute approximate surface area is 225 Å². The van der Waals surface area contributed by atoms with Crippen LogP contribution < -0.4 is 29.8 Å². The van der Waals surface area contributed by atoms with Crippen LogP contribution in [-0.2, 0) is 9.59 Å². The Kier molecular flexibility index (Phi) is 11.7. The Morgan fingerprint density at radius 3 is 1.81 bits per heavy atom. The van der Waals surface area contributed by atoms with Gasteiger partial charge in [0, 0.05) is 0 Å². The number of nitrogens with zero attached hydrogens (tertiary/aromatic N) is 2. The van der Waals surface area contributed by atoms with Gasteiger partial charge in [-0.3, -0.25) is 9.59 Å². The van der Waals surface area contributed by atoms with Crippen molar-refractivity contribution in [3.8, 4) is 23.0 Å². The smallest absolute Gasteiger partial charge is 0.331 e. The summed E-state index contributed by atoms with van der Waals surface area (Å²) in [5, 5.41) is 7.59. The SMILES string of the molecule is C=CCOc1cc(/C=N\NC(=O)C(=O)N/N=C\c2cc(Br)c(OCC=C)c(OC)c2)cc(Br)c1OC. The third-order valence-corrected chi connectivity index (χ3v) is 5.33. The highest BCUT2D eigenvalue weighted by Crippen LogP contribution is 2.37. The Balaban J connectivity index is 1.99. The standard InChI is InChI=1S/C24H24Br2N4O6/c1-5-7-35-20-12-16(9-17(25)21(20)34-4)14-28-30-24(32)23(31)29-27-13-15-10-18(26)22(36-8-6-2)19(11-15)33-3/h5-6,9-14H,1-2,7-8H2,3-4H3,(H,29,31)(H,30,32)/b27-13-,28-14-. The Morgan fingerprint density at radius 2 is 1.31 bits per heavy atom. The summed E-state index contributed by atoms with van der Waals surface area (Å²) in [6.07, 6.45) is 5.90. The number of halogens is 2. The van der Waals surface area contributed by atoms with Crippen molar-refractivity contribution in [3.05, 3.63) is 69.6 Å². The van der Waals surface area contributed by atoms with Crippen molar-refractivity contribution >= 4 is 56.1 Å². The lowest BCUT2D eigenvalue weighted by Gasteiger charge is -2.12. The maximum atomic E-state index is 12.0. The van der Waals surface area contributed by atoms with Gasteiger partial charge in [0.05, 0.1) is 35.6 Å². The van der Waals surface area contributed by atoms with Gasteiger partial charge in [-0.2, -0.15) is 10.2 Å². The quantitative estimate of drug-likeness (QED) is 0.160. The molecule has 190 valence electrons. The van der Waals surface area contributed by atoms with Crippen molar-refractivity contribution in [2.45, 2.75) is 0 Å². The second kappa shape index (κ2) is 14.7. The fraction of sp³-hybridized carbons (Fsp3) is 0.167. The van der Waals surface area contributed by atoms with Gasteiger partial charge in [0.2, 0.25) is 0 Å². The number of carbonyl (C=O) groups is 2. The minimum Gasteiger partial charge on any atom is -0.493 e. The molecule has 2 aromatic rings. The molecule has 2 amide bonds. The molecule has 0 aromatic heterocycles. The molecule has 0 heterocycles. The molecule has 10 nitrogen and oxygen atoms in total. The molecule has 2 rings (SSSR count). The third kappa shape index (κ3) is 8.24. The molecule has 0 bridgehead atoms. The maximum absolute atomic E-state index is 12.0. The highest BCUT2D eigenvalue weighted by molar-refractivity contribution is 9.11. The Hall–Kier alpha value is -3.64. The van der Waals surface area contributed by atoms with Crippen molar-refractivity contribution in [3.63, 3.8) is 0 Å². The van der Waals surface area contributed by atoms with Gasteiger partial charge < -0.3 is 18.9 Å². The molecule has 0 aliphatic rings. The number of ether oxygens (including phenoxy) is 4. The number of hydrogen-bond acceptors (Lipinski definition) is 8. The summed E-state index contributed by atoms with van der Waals surface area (Å²) in [5.41, 5.74) is 5.44. The van der Waals surface area contributed by atoms with Crippen LogP contribution in [0.5, 0.6) is 23.0 Å². The zero-order valence-electron chi connectivity index (χ0n) is 19.5. The van der Waals surface area contributed by atoms with Crippen LogP contribution >= 0.6 is 31.9 Å². The lowest BCUT2D eigenvalue weighted by Crippen LogP contribution is -2.35. The minimum absolute atomic E-state index is 0.276. The van der Waals surface area contributed by atoms with Gasteiger partial charge in [-0.25, -0.2) is 10.9 Å². The van der Waals surface area contributed by atoms with Gasteiger partial charge in [0.15, 0.2) is 23.0 Å². The number of amides is 2. The third-order valence-electron chi connectivity index (χ3n) is 4.16. The predicted molar refractivity (Wildman–Crippen MR) is 144 cm³/mol. The van der Waals surface area contributed by atoms with Crippen LogP contribution in [0.25, 0.3) is 0 Å².